The van der Waals surface area contributed by atoms with Crippen LogP contribution in [0.2, 0.25) is 5.02 Å². The van der Waals surface area contributed by atoms with Crippen molar-refractivity contribution in [2.24, 2.45) is 4.99 Å². The van der Waals surface area contributed by atoms with Crippen molar-refractivity contribution in [2.45, 2.75) is 0 Å². The average molecular weight is 342 g/mol. The highest BCUT2D eigenvalue weighted by Gasteiger charge is 2.08. The third-order valence-corrected chi connectivity index (χ3v) is 3.70. The van der Waals surface area contributed by atoms with Gasteiger partial charge in [0.1, 0.15) is 12.4 Å². The molecule has 0 radical (unpaired) electrons. The zero-order valence-corrected chi connectivity index (χ0v) is 13.7. The van der Waals surface area contributed by atoms with E-state index in [0.717, 1.165) is 5.56 Å². The van der Waals surface area contributed by atoms with Gasteiger partial charge in [-0.2, -0.15) is 0 Å². The molecule has 0 aliphatic carbocycles. The maximum absolute atomic E-state index is 12.2. The molecular formula is C19H16ClNO3. The van der Waals surface area contributed by atoms with Crippen molar-refractivity contribution in [1.29, 1.82) is 0 Å². The summed E-state index contributed by atoms with van der Waals surface area (Å²) in [4.78, 5) is 16.3. The molecule has 0 saturated heterocycles. The van der Waals surface area contributed by atoms with Crippen LogP contribution in [0.5, 0.6) is 5.75 Å². The maximum Gasteiger partial charge on any atom is 0.222 e. The number of carbonyl (C=O) groups is 1. The van der Waals surface area contributed by atoms with Crippen LogP contribution < -0.4 is 4.74 Å². The molecule has 0 amide bonds. The summed E-state index contributed by atoms with van der Waals surface area (Å²) in [5, 5.41) is 0.669. The Morgan fingerprint density at radius 3 is 2.58 bits per heavy atom. The highest BCUT2D eigenvalue weighted by Crippen LogP contribution is 2.15. The maximum atomic E-state index is 12.2. The van der Waals surface area contributed by atoms with Crippen LogP contribution in [0.3, 0.4) is 0 Å². The van der Waals surface area contributed by atoms with Gasteiger partial charge in [-0.25, -0.2) is 4.99 Å². The number of rotatable bonds is 6. The van der Waals surface area contributed by atoms with Crippen molar-refractivity contribution in [2.75, 3.05) is 19.8 Å². The van der Waals surface area contributed by atoms with E-state index in [1.165, 1.54) is 0 Å². The Kier molecular flexibility index (Phi) is 5.29. The Bertz CT molecular complexity index is 764. The molecule has 0 spiro atoms. The SMILES string of the molecule is O=C(/C=C/c1ccc(Cl)cc1)c1ccc(OCC2=NCCO2)cc1. The van der Waals surface area contributed by atoms with E-state index in [1.54, 1.807) is 48.6 Å². The molecule has 122 valence electrons. The van der Waals surface area contributed by atoms with Crippen molar-refractivity contribution in [3.8, 4) is 5.75 Å². The summed E-state index contributed by atoms with van der Waals surface area (Å²) in [5.74, 6) is 1.22. The van der Waals surface area contributed by atoms with Crippen LogP contribution in [0.25, 0.3) is 6.08 Å². The summed E-state index contributed by atoms with van der Waals surface area (Å²) < 4.78 is 10.8. The van der Waals surface area contributed by atoms with E-state index in [1.807, 2.05) is 12.1 Å². The van der Waals surface area contributed by atoms with Gasteiger partial charge in [0.15, 0.2) is 12.4 Å². The minimum atomic E-state index is -0.0694. The molecular weight excluding hydrogens is 326 g/mol. The standard InChI is InChI=1S/C19H16ClNO3/c20-16-6-1-14(2-7-16)3-10-18(22)15-4-8-17(9-5-15)24-13-19-21-11-12-23-19/h1-10H,11-13H2/b10-3+. The molecule has 1 heterocycles. The van der Waals surface area contributed by atoms with E-state index in [0.29, 0.717) is 42.0 Å². The fraction of sp³-hybridized carbons (Fsp3) is 0.158. The number of ether oxygens (including phenoxy) is 2. The second-order valence-electron chi connectivity index (χ2n) is 5.19. The Balaban J connectivity index is 1.57. The number of halogens is 1. The molecule has 1 aliphatic rings. The topological polar surface area (TPSA) is 47.9 Å². The van der Waals surface area contributed by atoms with Crippen LogP contribution in [0.15, 0.2) is 59.6 Å². The number of carbonyl (C=O) groups excluding carboxylic acids is 1. The van der Waals surface area contributed by atoms with E-state index < -0.39 is 0 Å². The molecule has 0 fully saturated rings. The van der Waals surface area contributed by atoms with Gasteiger partial charge >= 0.3 is 0 Å². The molecule has 2 aromatic carbocycles. The van der Waals surface area contributed by atoms with Crippen molar-refractivity contribution in [3.63, 3.8) is 0 Å². The van der Waals surface area contributed by atoms with Gasteiger partial charge < -0.3 is 9.47 Å². The fourth-order valence-corrected chi connectivity index (χ4v) is 2.30. The number of aliphatic imine (C=N–C) groups is 1. The summed E-state index contributed by atoms with van der Waals surface area (Å²) in [6, 6.07) is 14.3. The molecule has 0 saturated carbocycles. The third-order valence-electron chi connectivity index (χ3n) is 3.45. The second kappa shape index (κ2) is 7.79. The lowest BCUT2D eigenvalue weighted by Crippen LogP contribution is -2.11. The lowest BCUT2D eigenvalue weighted by Gasteiger charge is -2.06. The zero-order chi connectivity index (χ0) is 16.8. The molecule has 0 N–H and O–H groups in total. The molecule has 0 unspecified atom stereocenters. The Morgan fingerprint density at radius 2 is 1.92 bits per heavy atom. The average Bonchev–Trinajstić information content (AvgIpc) is 3.13. The van der Waals surface area contributed by atoms with Gasteiger partial charge in [0.05, 0.1) is 6.54 Å². The van der Waals surface area contributed by atoms with E-state index >= 15 is 0 Å². The van der Waals surface area contributed by atoms with E-state index in [9.17, 15) is 4.79 Å². The van der Waals surface area contributed by atoms with E-state index in [-0.39, 0.29) is 5.78 Å². The van der Waals surface area contributed by atoms with E-state index in [2.05, 4.69) is 4.99 Å². The van der Waals surface area contributed by atoms with Crippen LogP contribution in [0.4, 0.5) is 0 Å². The fourth-order valence-electron chi connectivity index (χ4n) is 2.17. The van der Waals surface area contributed by atoms with Gasteiger partial charge in [-0.05, 0) is 48.0 Å². The molecule has 1 aliphatic heterocycles. The van der Waals surface area contributed by atoms with Crippen molar-refractivity contribution in [3.05, 3.63) is 70.8 Å². The smallest absolute Gasteiger partial charge is 0.222 e. The second-order valence-corrected chi connectivity index (χ2v) is 5.62. The lowest BCUT2D eigenvalue weighted by molar-refractivity contribution is 0.104. The summed E-state index contributed by atoms with van der Waals surface area (Å²) in [6.45, 7) is 1.61. The first kappa shape index (κ1) is 16.3. The first-order chi connectivity index (χ1) is 11.7. The summed E-state index contributed by atoms with van der Waals surface area (Å²) in [6.07, 6.45) is 3.30. The first-order valence-electron chi connectivity index (χ1n) is 7.58. The third kappa shape index (κ3) is 4.46. The van der Waals surface area contributed by atoms with Gasteiger partial charge in [-0.3, -0.25) is 4.79 Å². The van der Waals surface area contributed by atoms with Gasteiger partial charge in [-0.1, -0.05) is 29.8 Å². The molecule has 5 heteroatoms. The predicted molar refractivity (Wildman–Crippen MR) is 95.0 cm³/mol. The van der Waals surface area contributed by atoms with Crippen molar-refractivity contribution < 1.29 is 14.3 Å². The summed E-state index contributed by atoms with van der Waals surface area (Å²) >= 11 is 5.83. The quantitative estimate of drug-likeness (QED) is 0.588. The van der Waals surface area contributed by atoms with Crippen LogP contribution in [-0.4, -0.2) is 31.4 Å². The largest absolute Gasteiger partial charge is 0.484 e. The van der Waals surface area contributed by atoms with Gasteiger partial charge in [0, 0.05) is 10.6 Å². The zero-order valence-electron chi connectivity index (χ0n) is 12.9. The monoisotopic (exact) mass is 341 g/mol. The molecule has 3 rings (SSSR count). The minimum absolute atomic E-state index is 0.0694. The minimum Gasteiger partial charge on any atom is -0.484 e. The van der Waals surface area contributed by atoms with Crippen molar-refractivity contribution in [1.82, 2.24) is 0 Å². The summed E-state index contributed by atoms with van der Waals surface area (Å²) in [5.41, 5.74) is 1.52. The van der Waals surface area contributed by atoms with Crippen LogP contribution >= 0.6 is 11.6 Å². The molecule has 0 atom stereocenters. The number of allylic oxidation sites excluding steroid dienone is 1. The number of ketones is 1. The lowest BCUT2D eigenvalue weighted by atomic mass is 10.1. The Labute approximate surface area is 145 Å². The van der Waals surface area contributed by atoms with Gasteiger partial charge in [-0.15, -0.1) is 0 Å². The Morgan fingerprint density at radius 1 is 1.17 bits per heavy atom. The number of hydrogen-bond acceptors (Lipinski definition) is 4. The first-order valence-corrected chi connectivity index (χ1v) is 7.95. The van der Waals surface area contributed by atoms with Crippen LogP contribution in [-0.2, 0) is 4.74 Å². The highest BCUT2D eigenvalue weighted by atomic mass is 35.5. The van der Waals surface area contributed by atoms with Crippen LogP contribution in [0, 0.1) is 0 Å². The van der Waals surface area contributed by atoms with Crippen LogP contribution in [0.1, 0.15) is 15.9 Å². The van der Waals surface area contributed by atoms with Gasteiger partial charge in [0.2, 0.25) is 5.90 Å². The molecule has 2 aromatic rings. The summed E-state index contributed by atoms with van der Waals surface area (Å²) in [7, 11) is 0. The molecule has 24 heavy (non-hydrogen) atoms. The van der Waals surface area contributed by atoms with Gasteiger partial charge in [0.25, 0.3) is 0 Å². The number of nitrogens with zero attached hydrogens (tertiary/aromatic N) is 1. The highest BCUT2D eigenvalue weighted by molar-refractivity contribution is 6.30. The molecule has 0 bridgehead atoms. The normalized spacial score (nSPS) is 13.6. The molecule has 0 aromatic heterocycles. The molecule has 4 nitrogen and oxygen atoms in total. The predicted octanol–water partition coefficient (Wildman–Crippen LogP) is 4.04. The number of hydrogen-bond donors (Lipinski definition) is 0. The van der Waals surface area contributed by atoms with E-state index in [4.69, 9.17) is 21.1 Å². The number of benzene rings is 2. The van der Waals surface area contributed by atoms with Crippen molar-refractivity contribution >= 4 is 29.4 Å². The Hall–Kier alpha value is -2.59.